The van der Waals surface area contributed by atoms with Gasteiger partial charge in [0.2, 0.25) is 0 Å². The van der Waals surface area contributed by atoms with Gasteiger partial charge in [-0.25, -0.2) is 0 Å². The molecule has 1 atom stereocenters. The average Bonchev–Trinajstić information content (AvgIpc) is 2.76. The molecule has 0 radical (unpaired) electrons. The number of nitrogens with zero attached hydrogens (tertiary/aromatic N) is 2. The summed E-state index contributed by atoms with van der Waals surface area (Å²) >= 11 is 0. The first-order valence-corrected chi connectivity index (χ1v) is 7.11. The number of aromatic nitrogens is 2. The van der Waals surface area contributed by atoms with E-state index in [0.29, 0.717) is 6.04 Å². The first-order chi connectivity index (χ1) is 9.53. The zero-order valence-corrected chi connectivity index (χ0v) is 12.3. The van der Waals surface area contributed by atoms with Gasteiger partial charge >= 0.3 is 0 Å². The zero-order valence-electron chi connectivity index (χ0n) is 12.3. The van der Waals surface area contributed by atoms with Gasteiger partial charge in [0.15, 0.2) is 0 Å². The number of hydrogen-bond acceptors (Lipinski definition) is 4. The molecule has 1 unspecified atom stereocenters. The van der Waals surface area contributed by atoms with Crippen molar-refractivity contribution in [1.29, 1.82) is 0 Å². The highest BCUT2D eigenvalue weighted by Gasteiger charge is 2.34. The van der Waals surface area contributed by atoms with Crippen LogP contribution in [0.4, 0.5) is 0 Å². The molecule has 1 aliphatic carbocycles. The molecule has 1 N–H and O–H groups in total. The molecule has 3 rings (SSSR count). The van der Waals surface area contributed by atoms with E-state index in [9.17, 15) is 0 Å². The number of nitrogens with one attached hydrogen (secondary N) is 1. The van der Waals surface area contributed by atoms with E-state index in [0.717, 1.165) is 36.6 Å². The lowest BCUT2D eigenvalue weighted by Crippen LogP contribution is -2.32. The summed E-state index contributed by atoms with van der Waals surface area (Å²) in [6.07, 6.45) is 7.36. The smallest absolute Gasteiger partial charge is 0.109 e. The highest BCUT2D eigenvalue weighted by molar-refractivity contribution is 5.29. The number of aryl methyl sites for hydroxylation is 1. The van der Waals surface area contributed by atoms with E-state index in [1.807, 2.05) is 13.1 Å². The number of fused-ring (bicyclic) bond motifs is 1. The standard InChI is InChI=1S/C16H21N3O/c1-11-6-13-14(7-16(2,3)8-15(13)20-11)19-10-12-9-17-4-5-18-12/h4-6,9,14,19H,7-8,10H2,1-3H3. The van der Waals surface area contributed by atoms with Crippen molar-refractivity contribution >= 4 is 0 Å². The molecule has 0 aliphatic heterocycles. The summed E-state index contributed by atoms with van der Waals surface area (Å²) in [5.41, 5.74) is 2.54. The molecule has 2 aromatic heterocycles. The molecule has 2 aromatic rings. The fourth-order valence-corrected chi connectivity index (χ4v) is 3.02. The predicted octanol–water partition coefficient (Wildman–Crippen LogP) is 3.18. The van der Waals surface area contributed by atoms with Crippen molar-refractivity contribution < 1.29 is 4.42 Å². The molecule has 4 heteroatoms. The van der Waals surface area contributed by atoms with E-state index in [1.54, 1.807) is 12.4 Å². The van der Waals surface area contributed by atoms with Crippen LogP contribution in [-0.4, -0.2) is 9.97 Å². The van der Waals surface area contributed by atoms with Crippen molar-refractivity contribution in [3.63, 3.8) is 0 Å². The summed E-state index contributed by atoms with van der Waals surface area (Å²) in [5.74, 6) is 2.13. The van der Waals surface area contributed by atoms with Crippen molar-refractivity contribution in [2.24, 2.45) is 5.41 Å². The third kappa shape index (κ3) is 2.75. The Balaban J connectivity index is 1.78. The molecule has 1 aliphatic rings. The first kappa shape index (κ1) is 13.3. The van der Waals surface area contributed by atoms with Gasteiger partial charge in [0.25, 0.3) is 0 Å². The van der Waals surface area contributed by atoms with E-state index in [2.05, 4.69) is 35.2 Å². The number of hydrogen-bond donors (Lipinski definition) is 1. The van der Waals surface area contributed by atoms with Gasteiger partial charge in [-0.15, -0.1) is 0 Å². The molecule has 4 nitrogen and oxygen atoms in total. The Bertz CT molecular complexity index is 589. The molecule has 0 saturated carbocycles. The second kappa shape index (κ2) is 5.02. The Kier molecular flexibility index (Phi) is 3.34. The van der Waals surface area contributed by atoms with Crippen LogP contribution in [0.1, 0.15) is 49.1 Å². The molecule has 106 valence electrons. The Labute approximate surface area is 119 Å². The minimum absolute atomic E-state index is 0.261. The molecule has 0 spiro atoms. The summed E-state index contributed by atoms with van der Waals surface area (Å²) in [6.45, 7) is 7.35. The van der Waals surface area contributed by atoms with Crippen LogP contribution in [0.25, 0.3) is 0 Å². The molecule has 0 fully saturated rings. The molecular weight excluding hydrogens is 250 g/mol. The quantitative estimate of drug-likeness (QED) is 0.931. The minimum Gasteiger partial charge on any atom is -0.466 e. The summed E-state index contributed by atoms with van der Waals surface area (Å²) in [6, 6.07) is 2.49. The van der Waals surface area contributed by atoms with Crippen LogP contribution in [0, 0.1) is 12.3 Å². The van der Waals surface area contributed by atoms with Crippen molar-refractivity contribution in [2.75, 3.05) is 0 Å². The lowest BCUT2D eigenvalue weighted by molar-refractivity contribution is 0.233. The maximum absolute atomic E-state index is 5.86. The second-order valence-corrected chi connectivity index (χ2v) is 6.41. The summed E-state index contributed by atoms with van der Waals surface area (Å²) < 4.78 is 5.86. The number of furan rings is 1. The SMILES string of the molecule is Cc1cc2c(o1)CC(C)(C)CC2NCc1cnccn1. The highest BCUT2D eigenvalue weighted by atomic mass is 16.3. The van der Waals surface area contributed by atoms with Gasteiger partial charge < -0.3 is 9.73 Å². The number of rotatable bonds is 3. The van der Waals surface area contributed by atoms with Crippen LogP contribution >= 0.6 is 0 Å². The molecule has 0 amide bonds. The van der Waals surface area contributed by atoms with Crippen LogP contribution in [0.3, 0.4) is 0 Å². The highest BCUT2D eigenvalue weighted by Crippen LogP contribution is 2.42. The van der Waals surface area contributed by atoms with Crippen molar-refractivity contribution in [2.45, 2.75) is 46.2 Å². The predicted molar refractivity (Wildman–Crippen MR) is 77.2 cm³/mol. The molecule has 20 heavy (non-hydrogen) atoms. The largest absolute Gasteiger partial charge is 0.466 e. The maximum Gasteiger partial charge on any atom is 0.109 e. The topological polar surface area (TPSA) is 51.0 Å². The van der Waals surface area contributed by atoms with E-state index in [-0.39, 0.29) is 5.41 Å². The van der Waals surface area contributed by atoms with Gasteiger partial charge in [-0.2, -0.15) is 0 Å². The Morgan fingerprint density at radius 2 is 2.25 bits per heavy atom. The fraction of sp³-hybridized carbons (Fsp3) is 0.500. The first-order valence-electron chi connectivity index (χ1n) is 7.11. The lowest BCUT2D eigenvalue weighted by Gasteiger charge is -2.34. The fourth-order valence-electron chi connectivity index (χ4n) is 3.02. The van der Waals surface area contributed by atoms with E-state index >= 15 is 0 Å². The molecule has 2 heterocycles. The van der Waals surface area contributed by atoms with Gasteiger partial charge in [0, 0.05) is 43.2 Å². The van der Waals surface area contributed by atoms with E-state index in [4.69, 9.17) is 4.42 Å². The normalized spacial score (nSPS) is 20.6. The van der Waals surface area contributed by atoms with Gasteiger partial charge in [-0.3, -0.25) is 9.97 Å². The molecular formula is C16H21N3O. The van der Waals surface area contributed by atoms with E-state index in [1.165, 1.54) is 5.56 Å². The van der Waals surface area contributed by atoms with Gasteiger partial charge in [0.1, 0.15) is 11.5 Å². The molecule has 0 bridgehead atoms. The Morgan fingerprint density at radius 3 is 3.00 bits per heavy atom. The molecule has 0 saturated heterocycles. The third-order valence-corrected chi connectivity index (χ3v) is 3.88. The summed E-state index contributed by atoms with van der Waals surface area (Å²) in [4.78, 5) is 8.42. The Hall–Kier alpha value is -1.68. The van der Waals surface area contributed by atoms with Crippen molar-refractivity contribution in [3.05, 3.63) is 47.4 Å². The van der Waals surface area contributed by atoms with Crippen LogP contribution in [0.2, 0.25) is 0 Å². The van der Waals surface area contributed by atoms with Crippen LogP contribution in [0.15, 0.2) is 29.1 Å². The summed E-state index contributed by atoms with van der Waals surface area (Å²) in [5, 5.41) is 3.60. The van der Waals surface area contributed by atoms with Crippen molar-refractivity contribution in [3.8, 4) is 0 Å². The second-order valence-electron chi connectivity index (χ2n) is 6.41. The zero-order chi connectivity index (χ0) is 14.2. The lowest BCUT2D eigenvalue weighted by atomic mass is 9.74. The van der Waals surface area contributed by atoms with Gasteiger partial charge in [-0.05, 0) is 24.8 Å². The maximum atomic E-state index is 5.86. The Morgan fingerprint density at radius 1 is 1.40 bits per heavy atom. The summed E-state index contributed by atoms with van der Waals surface area (Å²) in [7, 11) is 0. The van der Waals surface area contributed by atoms with Crippen LogP contribution < -0.4 is 5.32 Å². The molecule has 0 aromatic carbocycles. The van der Waals surface area contributed by atoms with Crippen molar-refractivity contribution in [1.82, 2.24) is 15.3 Å². The third-order valence-electron chi connectivity index (χ3n) is 3.88. The van der Waals surface area contributed by atoms with Crippen LogP contribution in [0.5, 0.6) is 0 Å². The van der Waals surface area contributed by atoms with Gasteiger partial charge in [-0.1, -0.05) is 13.8 Å². The van der Waals surface area contributed by atoms with Crippen LogP contribution in [-0.2, 0) is 13.0 Å². The monoisotopic (exact) mass is 271 g/mol. The minimum atomic E-state index is 0.261. The van der Waals surface area contributed by atoms with E-state index < -0.39 is 0 Å². The van der Waals surface area contributed by atoms with Gasteiger partial charge in [0.05, 0.1) is 5.69 Å². The average molecular weight is 271 g/mol.